The van der Waals surface area contributed by atoms with Gasteiger partial charge < -0.3 is 9.15 Å². The fourth-order valence-electron chi connectivity index (χ4n) is 8.62. The predicted octanol–water partition coefficient (Wildman–Crippen LogP) is 13.5. The zero-order valence-electron chi connectivity index (χ0n) is 30.6. The van der Waals surface area contributed by atoms with E-state index < -0.39 is 0 Å². The summed E-state index contributed by atoms with van der Waals surface area (Å²) in [6.45, 7) is 0.413. The van der Waals surface area contributed by atoms with Crippen LogP contribution in [-0.2, 0) is 6.61 Å². The summed E-state index contributed by atoms with van der Waals surface area (Å²) in [5, 5.41) is 8.93. The van der Waals surface area contributed by atoms with E-state index >= 15 is 0 Å². The van der Waals surface area contributed by atoms with Gasteiger partial charge in [-0.1, -0.05) is 133 Å². The molecule has 5 nitrogen and oxygen atoms in total. The van der Waals surface area contributed by atoms with Crippen molar-refractivity contribution in [2.75, 3.05) is 0 Å². The third-order valence-electron chi connectivity index (χ3n) is 11.3. The fourth-order valence-corrected chi connectivity index (χ4v) is 8.62. The van der Waals surface area contributed by atoms with Gasteiger partial charge in [-0.2, -0.15) is 0 Å². The van der Waals surface area contributed by atoms with Crippen molar-refractivity contribution in [2.45, 2.75) is 6.61 Å². The maximum atomic E-state index is 6.63. The van der Waals surface area contributed by atoms with Crippen molar-refractivity contribution in [3.8, 4) is 62.2 Å². The average Bonchev–Trinajstić information content (AvgIpc) is 3.68. The van der Waals surface area contributed by atoms with Crippen molar-refractivity contribution in [3.05, 3.63) is 181 Å². The summed E-state index contributed by atoms with van der Waals surface area (Å²) in [6, 6.07) is 61.4. The van der Waals surface area contributed by atoms with Crippen LogP contribution in [-0.4, -0.2) is 15.0 Å². The van der Waals surface area contributed by atoms with Gasteiger partial charge in [0, 0.05) is 44.0 Å². The maximum absolute atomic E-state index is 6.63. The molecular formula is C52H31N3O2. The van der Waals surface area contributed by atoms with Gasteiger partial charge in [-0.3, -0.25) is 0 Å². The molecular weight excluding hydrogens is 699 g/mol. The number of para-hydroxylation sites is 2. The highest BCUT2D eigenvalue weighted by Gasteiger charge is 2.26. The molecule has 0 saturated heterocycles. The zero-order valence-corrected chi connectivity index (χ0v) is 30.6. The molecule has 266 valence electrons. The van der Waals surface area contributed by atoms with E-state index in [0.717, 1.165) is 105 Å². The number of rotatable bonds is 4. The normalized spacial score (nSPS) is 12.3. The van der Waals surface area contributed by atoms with E-state index in [2.05, 4.69) is 152 Å². The molecule has 0 amide bonds. The highest BCUT2D eigenvalue weighted by molar-refractivity contribution is 6.21. The Bertz CT molecular complexity index is 3340. The van der Waals surface area contributed by atoms with Gasteiger partial charge in [0.25, 0.3) is 0 Å². The smallest absolute Gasteiger partial charge is 0.164 e. The number of ether oxygens (including phenoxy) is 1. The molecule has 3 heterocycles. The standard InChI is InChI=1S/C52H31N3O2/c1-3-13-33-25-36(23-21-31(33)11-1)50-53-51(37-24-22-32-12-2-4-14-34(32)26-37)55-52(54-50)44-29-38(27-39-30-56-45-19-9-7-17-41(45)47(39)44)43-28-35-15-5-6-16-40(35)49-48(43)42-18-8-10-20-46(42)57-49/h1-29H,30H2. The van der Waals surface area contributed by atoms with Gasteiger partial charge in [-0.05, 0) is 86.1 Å². The lowest BCUT2D eigenvalue weighted by Crippen LogP contribution is -2.09. The lowest BCUT2D eigenvalue weighted by atomic mass is 9.86. The Morgan fingerprint density at radius 3 is 1.74 bits per heavy atom. The lowest BCUT2D eigenvalue weighted by molar-refractivity contribution is 0.302. The van der Waals surface area contributed by atoms with Crippen LogP contribution in [0.1, 0.15) is 5.56 Å². The fraction of sp³-hybridized carbons (Fsp3) is 0.0192. The second-order valence-electron chi connectivity index (χ2n) is 14.7. The minimum Gasteiger partial charge on any atom is -0.488 e. The minimum atomic E-state index is 0.413. The number of nitrogens with zero attached hydrogens (tertiary/aromatic N) is 3. The summed E-state index contributed by atoms with van der Waals surface area (Å²) >= 11 is 0. The monoisotopic (exact) mass is 729 g/mol. The first-order valence-electron chi connectivity index (χ1n) is 19.2. The molecule has 0 saturated carbocycles. The zero-order chi connectivity index (χ0) is 37.5. The molecule has 0 atom stereocenters. The molecule has 0 unspecified atom stereocenters. The number of furan rings is 1. The predicted molar refractivity (Wildman–Crippen MR) is 231 cm³/mol. The molecule has 2 aromatic heterocycles. The van der Waals surface area contributed by atoms with Gasteiger partial charge in [0.15, 0.2) is 17.5 Å². The molecule has 0 radical (unpaired) electrons. The molecule has 9 aromatic carbocycles. The molecule has 0 aliphatic carbocycles. The van der Waals surface area contributed by atoms with Gasteiger partial charge in [0.1, 0.15) is 23.5 Å². The van der Waals surface area contributed by atoms with Crippen molar-refractivity contribution >= 4 is 54.3 Å². The molecule has 57 heavy (non-hydrogen) atoms. The topological polar surface area (TPSA) is 61.0 Å². The van der Waals surface area contributed by atoms with Gasteiger partial charge in [0.05, 0.1) is 0 Å². The first-order chi connectivity index (χ1) is 28.2. The molecule has 1 aliphatic rings. The highest BCUT2D eigenvalue weighted by Crippen LogP contribution is 2.48. The molecule has 12 rings (SSSR count). The summed E-state index contributed by atoms with van der Waals surface area (Å²) in [4.78, 5) is 15.9. The van der Waals surface area contributed by atoms with E-state index in [9.17, 15) is 0 Å². The lowest BCUT2D eigenvalue weighted by Gasteiger charge is -2.24. The Kier molecular flexibility index (Phi) is 6.92. The summed E-state index contributed by atoms with van der Waals surface area (Å²) in [7, 11) is 0. The van der Waals surface area contributed by atoms with E-state index in [1.807, 2.05) is 24.3 Å². The number of fused-ring (bicyclic) bond motifs is 10. The molecule has 11 aromatic rings. The first-order valence-corrected chi connectivity index (χ1v) is 19.2. The van der Waals surface area contributed by atoms with Crippen LogP contribution in [0.25, 0.3) is 111 Å². The SMILES string of the molecule is c1ccc2c(c1)OCc1cc(-c3cc4ccccc4c4oc5ccccc5c34)cc(-c3nc(-c4ccc5ccccc5c4)nc(-c4ccc5ccccc5c4)n3)c1-2. The number of benzene rings is 9. The summed E-state index contributed by atoms with van der Waals surface area (Å²) in [5.41, 5.74) is 9.76. The van der Waals surface area contributed by atoms with E-state index in [4.69, 9.17) is 24.1 Å². The molecule has 5 heteroatoms. The number of aromatic nitrogens is 3. The average molecular weight is 730 g/mol. The van der Waals surface area contributed by atoms with E-state index in [1.165, 1.54) is 0 Å². The summed E-state index contributed by atoms with van der Waals surface area (Å²) in [6.07, 6.45) is 0. The third-order valence-corrected chi connectivity index (χ3v) is 11.3. The maximum Gasteiger partial charge on any atom is 0.164 e. The third kappa shape index (κ3) is 5.13. The molecule has 0 spiro atoms. The van der Waals surface area contributed by atoms with Gasteiger partial charge in [-0.15, -0.1) is 0 Å². The van der Waals surface area contributed by atoms with Gasteiger partial charge in [-0.25, -0.2) is 15.0 Å². The first kappa shape index (κ1) is 31.7. The molecule has 1 aliphatic heterocycles. The van der Waals surface area contributed by atoms with Crippen LogP contribution in [0, 0.1) is 0 Å². The number of hydrogen-bond donors (Lipinski definition) is 0. The van der Waals surface area contributed by atoms with Crippen LogP contribution in [0.2, 0.25) is 0 Å². The van der Waals surface area contributed by atoms with Crippen molar-refractivity contribution in [3.63, 3.8) is 0 Å². The van der Waals surface area contributed by atoms with E-state index in [1.54, 1.807) is 0 Å². The van der Waals surface area contributed by atoms with Gasteiger partial charge in [0.2, 0.25) is 0 Å². The molecule has 0 fully saturated rings. The Morgan fingerprint density at radius 2 is 1.00 bits per heavy atom. The van der Waals surface area contributed by atoms with E-state index in [-0.39, 0.29) is 0 Å². The largest absolute Gasteiger partial charge is 0.488 e. The highest BCUT2D eigenvalue weighted by atomic mass is 16.5. The Hall–Kier alpha value is -7.63. The summed E-state index contributed by atoms with van der Waals surface area (Å²) < 4.78 is 13.1. The van der Waals surface area contributed by atoms with Crippen molar-refractivity contribution in [1.29, 1.82) is 0 Å². The molecule has 0 N–H and O–H groups in total. The molecule has 0 bridgehead atoms. The van der Waals surface area contributed by atoms with Crippen molar-refractivity contribution in [2.24, 2.45) is 0 Å². The van der Waals surface area contributed by atoms with Gasteiger partial charge >= 0.3 is 0 Å². The van der Waals surface area contributed by atoms with Crippen molar-refractivity contribution < 1.29 is 9.15 Å². The van der Waals surface area contributed by atoms with Crippen LogP contribution in [0.5, 0.6) is 5.75 Å². The van der Waals surface area contributed by atoms with E-state index in [0.29, 0.717) is 24.1 Å². The summed E-state index contributed by atoms with van der Waals surface area (Å²) in [5.74, 6) is 2.66. The Balaban J connectivity index is 1.17. The van der Waals surface area contributed by atoms with Crippen LogP contribution < -0.4 is 4.74 Å². The second-order valence-corrected chi connectivity index (χ2v) is 14.7. The Morgan fingerprint density at radius 1 is 0.404 bits per heavy atom. The second kappa shape index (κ2) is 12.4. The van der Waals surface area contributed by atoms with Crippen LogP contribution >= 0.6 is 0 Å². The van der Waals surface area contributed by atoms with Crippen LogP contribution in [0.3, 0.4) is 0 Å². The number of hydrogen-bond acceptors (Lipinski definition) is 5. The Labute approximate surface area is 327 Å². The van der Waals surface area contributed by atoms with Crippen LogP contribution in [0.15, 0.2) is 180 Å². The van der Waals surface area contributed by atoms with Crippen LogP contribution in [0.4, 0.5) is 0 Å². The minimum absolute atomic E-state index is 0.413. The quantitative estimate of drug-likeness (QED) is 0.180. The van der Waals surface area contributed by atoms with Crippen molar-refractivity contribution in [1.82, 2.24) is 15.0 Å².